The number of benzene rings is 1. The van der Waals surface area contributed by atoms with E-state index in [-0.39, 0.29) is 30.4 Å². The van der Waals surface area contributed by atoms with E-state index in [1.165, 1.54) is 12.1 Å². The van der Waals surface area contributed by atoms with Crippen LogP contribution in [-0.2, 0) is 22.6 Å². The number of nitrogens with one attached hydrogen (secondary N) is 1. The highest BCUT2D eigenvalue weighted by atomic mass is 19.4. The Labute approximate surface area is 224 Å². The number of aromatic amines is 1. The largest absolute Gasteiger partial charge is 0.573 e. The lowest BCUT2D eigenvalue weighted by Crippen LogP contribution is -2.46. The van der Waals surface area contributed by atoms with Gasteiger partial charge in [0, 0.05) is 46.9 Å². The van der Waals surface area contributed by atoms with Gasteiger partial charge >= 0.3 is 12.3 Å². The molecule has 0 radical (unpaired) electrons. The highest BCUT2D eigenvalue weighted by Gasteiger charge is 2.42. The number of carboxylic acid groups (broad SMARTS) is 1. The van der Waals surface area contributed by atoms with Crippen LogP contribution in [0.5, 0.6) is 5.75 Å². The van der Waals surface area contributed by atoms with E-state index in [9.17, 15) is 18.0 Å². The molecule has 7 nitrogen and oxygen atoms in total. The summed E-state index contributed by atoms with van der Waals surface area (Å²) in [5, 5.41) is 9.01. The van der Waals surface area contributed by atoms with Crippen LogP contribution in [0, 0.1) is 0 Å². The van der Waals surface area contributed by atoms with Crippen LogP contribution in [0.4, 0.5) is 19.0 Å². The summed E-state index contributed by atoms with van der Waals surface area (Å²) in [6.07, 6.45) is 4.46. The standard InChI is InChI=1S/C29H30F3N3O4/c30-29(31,32)39-25-4-2-1-3-22(25)23-15-34-28(18-6-7-18)24(23)16-38-21-12-19-8-9-20(13-21)35(19)26-10-5-17(14-33-26)11-27(36)37/h1-5,10,14-15,18-21,34H,6-9,11-13,16H2,(H,36,37). The smallest absolute Gasteiger partial charge is 0.481 e. The van der Waals surface area contributed by atoms with Crippen molar-refractivity contribution in [1.82, 2.24) is 9.97 Å². The quantitative estimate of drug-likeness (QED) is 0.336. The summed E-state index contributed by atoms with van der Waals surface area (Å²) >= 11 is 0. The molecule has 1 saturated carbocycles. The average molecular weight is 542 g/mol. The molecule has 1 aromatic carbocycles. The van der Waals surface area contributed by atoms with Crippen molar-refractivity contribution >= 4 is 11.8 Å². The molecule has 1 aliphatic carbocycles. The molecule has 2 atom stereocenters. The van der Waals surface area contributed by atoms with Crippen molar-refractivity contribution in [2.75, 3.05) is 4.90 Å². The maximum atomic E-state index is 13.1. The zero-order valence-electron chi connectivity index (χ0n) is 21.3. The molecule has 2 N–H and O–H groups in total. The van der Waals surface area contributed by atoms with E-state index >= 15 is 0 Å². The highest BCUT2D eigenvalue weighted by Crippen LogP contribution is 2.46. The number of alkyl halides is 3. The fourth-order valence-corrected chi connectivity index (χ4v) is 6.19. The van der Waals surface area contributed by atoms with E-state index in [1.54, 1.807) is 24.5 Å². The molecular weight excluding hydrogens is 511 g/mol. The summed E-state index contributed by atoms with van der Waals surface area (Å²) in [4.78, 5) is 21.2. The molecule has 2 saturated heterocycles. The van der Waals surface area contributed by atoms with E-state index in [0.29, 0.717) is 29.2 Å². The number of ether oxygens (including phenoxy) is 2. The molecule has 39 heavy (non-hydrogen) atoms. The number of H-pyrrole nitrogens is 1. The van der Waals surface area contributed by atoms with Gasteiger partial charge in [-0.15, -0.1) is 13.2 Å². The number of anilines is 1. The molecule has 2 bridgehead atoms. The van der Waals surface area contributed by atoms with Gasteiger partial charge in [0.05, 0.1) is 19.1 Å². The second-order valence-electron chi connectivity index (χ2n) is 10.7. The number of carboxylic acids is 1. The number of nitrogens with zero attached hydrogens (tertiary/aromatic N) is 2. The minimum absolute atomic E-state index is 0.0292. The number of halogens is 3. The first-order valence-corrected chi connectivity index (χ1v) is 13.4. The highest BCUT2D eigenvalue weighted by molar-refractivity contribution is 5.74. The predicted molar refractivity (Wildman–Crippen MR) is 138 cm³/mol. The van der Waals surface area contributed by atoms with Crippen molar-refractivity contribution in [3.63, 3.8) is 0 Å². The van der Waals surface area contributed by atoms with E-state index in [4.69, 9.17) is 9.84 Å². The first-order valence-electron chi connectivity index (χ1n) is 13.4. The van der Waals surface area contributed by atoms with Crippen molar-refractivity contribution in [3.05, 3.63) is 65.6 Å². The van der Waals surface area contributed by atoms with Gasteiger partial charge in [0.15, 0.2) is 0 Å². The average Bonchev–Trinajstić information content (AvgIpc) is 3.59. The number of piperidine rings is 1. The van der Waals surface area contributed by atoms with Crippen molar-refractivity contribution in [2.45, 2.75) is 82.0 Å². The lowest BCUT2D eigenvalue weighted by atomic mass is 9.98. The maximum Gasteiger partial charge on any atom is 0.573 e. The Bertz CT molecular complexity index is 1320. The molecule has 4 heterocycles. The van der Waals surface area contributed by atoms with E-state index in [0.717, 1.165) is 55.6 Å². The molecule has 0 spiro atoms. The first-order chi connectivity index (χ1) is 18.7. The number of fused-ring (bicyclic) bond motifs is 2. The van der Waals surface area contributed by atoms with Gasteiger partial charge in [0.2, 0.25) is 0 Å². The number of rotatable bonds is 9. The van der Waals surface area contributed by atoms with Gasteiger partial charge in [-0.2, -0.15) is 0 Å². The molecule has 0 amide bonds. The summed E-state index contributed by atoms with van der Waals surface area (Å²) < 4.78 is 50.1. The summed E-state index contributed by atoms with van der Waals surface area (Å²) in [6, 6.07) is 10.5. The number of carbonyl (C=O) groups is 1. The van der Waals surface area contributed by atoms with Gasteiger partial charge < -0.3 is 24.5 Å². The first kappa shape index (κ1) is 25.7. The van der Waals surface area contributed by atoms with Crippen LogP contribution in [-0.4, -0.2) is 45.6 Å². The van der Waals surface area contributed by atoms with Gasteiger partial charge in [-0.05, 0) is 62.1 Å². The third kappa shape index (κ3) is 5.61. The van der Waals surface area contributed by atoms with Crippen LogP contribution < -0.4 is 9.64 Å². The Morgan fingerprint density at radius 1 is 1.05 bits per heavy atom. The van der Waals surface area contributed by atoms with Gasteiger partial charge in [-0.25, -0.2) is 4.98 Å². The van der Waals surface area contributed by atoms with Crippen LogP contribution in [0.1, 0.15) is 61.3 Å². The van der Waals surface area contributed by atoms with Gasteiger partial charge in [-0.1, -0.05) is 24.3 Å². The number of hydrogen-bond acceptors (Lipinski definition) is 5. The second kappa shape index (κ2) is 10.2. The lowest BCUT2D eigenvalue weighted by Gasteiger charge is -2.39. The number of aliphatic carboxylic acids is 1. The number of pyridine rings is 1. The Balaban J connectivity index is 1.17. The molecule has 10 heteroatoms. The van der Waals surface area contributed by atoms with Crippen molar-refractivity contribution in [2.24, 2.45) is 0 Å². The fourth-order valence-electron chi connectivity index (χ4n) is 6.19. The summed E-state index contributed by atoms with van der Waals surface area (Å²) in [5.41, 5.74) is 3.69. The third-order valence-corrected chi connectivity index (χ3v) is 7.99. The molecule has 2 aliphatic heterocycles. The van der Waals surface area contributed by atoms with Gasteiger partial charge in [0.25, 0.3) is 0 Å². The SMILES string of the molecule is O=C(O)Cc1ccc(N2C3CCC2CC(OCc2c(-c4ccccc4OC(F)(F)F)c[nH]c2C2CC2)C3)nc1. The van der Waals surface area contributed by atoms with Crippen LogP contribution in [0.2, 0.25) is 0 Å². The second-order valence-corrected chi connectivity index (χ2v) is 10.7. The van der Waals surface area contributed by atoms with Crippen molar-refractivity contribution in [1.29, 1.82) is 0 Å². The van der Waals surface area contributed by atoms with E-state index in [2.05, 4.69) is 19.6 Å². The number of aromatic nitrogens is 2. The molecular formula is C29H30F3N3O4. The molecule has 2 unspecified atom stereocenters. The molecule has 2 aromatic heterocycles. The Hall–Kier alpha value is -3.53. The lowest BCUT2D eigenvalue weighted by molar-refractivity contribution is -0.274. The molecule has 3 aliphatic rings. The Kier molecular flexibility index (Phi) is 6.74. The van der Waals surface area contributed by atoms with Gasteiger partial charge in [0.1, 0.15) is 11.6 Å². The fraction of sp³-hybridized carbons (Fsp3) is 0.448. The molecule has 206 valence electrons. The molecule has 3 aromatic rings. The Morgan fingerprint density at radius 2 is 1.79 bits per heavy atom. The zero-order chi connectivity index (χ0) is 27.1. The summed E-state index contributed by atoms with van der Waals surface area (Å²) in [5.74, 6) is 0.136. The maximum absolute atomic E-state index is 13.1. The summed E-state index contributed by atoms with van der Waals surface area (Å²) in [6.45, 7) is 0.317. The topological polar surface area (TPSA) is 87.7 Å². The van der Waals surface area contributed by atoms with E-state index < -0.39 is 12.3 Å². The van der Waals surface area contributed by atoms with E-state index in [1.807, 2.05) is 12.1 Å². The normalized spacial score (nSPS) is 22.7. The molecule has 3 fully saturated rings. The number of para-hydroxylation sites is 1. The molecule has 6 rings (SSSR count). The number of hydrogen-bond donors (Lipinski definition) is 2. The minimum atomic E-state index is -4.78. The predicted octanol–water partition coefficient (Wildman–Crippen LogP) is 6.20. The van der Waals surface area contributed by atoms with Crippen molar-refractivity contribution < 1.29 is 32.5 Å². The van der Waals surface area contributed by atoms with Crippen LogP contribution in [0.15, 0.2) is 48.8 Å². The summed E-state index contributed by atoms with van der Waals surface area (Å²) in [7, 11) is 0. The van der Waals surface area contributed by atoms with Crippen molar-refractivity contribution in [3.8, 4) is 16.9 Å². The minimum Gasteiger partial charge on any atom is -0.481 e. The van der Waals surface area contributed by atoms with Gasteiger partial charge in [-0.3, -0.25) is 4.79 Å². The van der Waals surface area contributed by atoms with Crippen LogP contribution in [0.3, 0.4) is 0 Å². The monoisotopic (exact) mass is 541 g/mol. The van der Waals surface area contributed by atoms with Crippen LogP contribution in [0.25, 0.3) is 11.1 Å². The Morgan fingerprint density at radius 3 is 2.44 bits per heavy atom. The zero-order valence-corrected chi connectivity index (χ0v) is 21.3. The van der Waals surface area contributed by atoms with Crippen LogP contribution >= 0.6 is 0 Å². The third-order valence-electron chi connectivity index (χ3n) is 7.99.